The first kappa shape index (κ1) is 11.6. The maximum absolute atomic E-state index is 5.74. The molecule has 0 unspecified atom stereocenters. The summed E-state index contributed by atoms with van der Waals surface area (Å²) < 4.78 is 1.92. The van der Waals surface area contributed by atoms with E-state index in [2.05, 4.69) is 15.3 Å². The Balaban J connectivity index is 2.55. The second-order valence-corrected chi connectivity index (χ2v) is 4.57. The van der Waals surface area contributed by atoms with Gasteiger partial charge in [0.2, 0.25) is 0 Å². The molecule has 0 aliphatic carbocycles. The van der Waals surface area contributed by atoms with Crippen molar-refractivity contribution >= 4 is 5.96 Å². The van der Waals surface area contributed by atoms with E-state index in [0.29, 0.717) is 12.5 Å². The van der Waals surface area contributed by atoms with E-state index >= 15 is 0 Å². The zero-order chi connectivity index (χ0) is 11.5. The summed E-state index contributed by atoms with van der Waals surface area (Å²) in [7, 11) is 1.94. The molecule has 0 saturated heterocycles. The highest BCUT2D eigenvalue weighted by atomic mass is 15.1. The van der Waals surface area contributed by atoms with E-state index in [4.69, 9.17) is 5.73 Å². The van der Waals surface area contributed by atoms with Crippen molar-refractivity contribution in [2.75, 3.05) is 0 Å². The molecule has 0 fully saturated rings. The van der Waals surface area contributed by atoms with Gasteiger partial charge in [0.1, 0.15) is 0 Å². The molecule has 0 aliphatic rings. The SMILES string of the molecule is Cn1cncc1CN=C(N)NC(C)(C)C. The van der Waals surface area contributed by atoms with Crippen LogP contribution in [-0.4, -0.2) is 21.0 Å². The molecule has 0 aromatic carbocycles. The highest BCUT2D eigenvalue weighted by Gasteiger charge is 2.09. The second-order valence-electron chi connectivity index (χ2n) is 4.57. The normalized spacial score (nSPS) is 12.9. The first-order chi connectivity index (χ1) is 6.88. The quantitative estimate of drug-likeness (QED) is 0.554. The number of hydrogen-bond acceptors (Lipinski definition) is 2. The molecule has 1 heterocycles. The lowest BCUT2D eigenvalue weighted by Gasteiger charge is -2.20. The van der Waals surface area contributed by atoms with E-state index in [1.807, 2.05) is 32.4 Å². The van der Waals surface area contributed by atoms with Crippen molar-refractivity contribution in [3.63, 3.8) is 0 Å². The highest BCUT2D eigenvalue weighted by Crippen LogP contribution is 2.00. The third-order valence-corrected chi connectivity index (χ3v) is 1.83. The summed E-state index contributed by atoms with van der Waals surface area (Å²) in [4.78, 5) is 8.24. The second kappa shape index (κ2) is 4.33. The van der Waals surface area contributed by atoms with Crippen LogP contribution in [0.4, 0.5) is 0 Å². The van der Waals surface area contributed by atoms with Gasteiger partial charge in [-0.15, -0.1) is 0 Å². The van der Waals surface area contributed by atoms with Crippen molar-refractivity contribution in [2.45, 2.75) is 32.9 Å². The van der Waals surface area contributed by atoms with Crippen molar-refractivity contribution in [3.05, 3.63) is 18.2 Å². The smallest absolute Gasteiger partial charge is 0.189 e. The molecule has 0 aliphatic heterocycles. The van der Waals surface area contributed by atoms with Crippen LogP contribution in [0.25, 0.3) is 0 Å². The number of aromatic nitrogens is 2. The summed E-state index contributed by atoms with van der Waals surface area (Å²) >= 11 is 0. The van der Waals surface area contributed by atoms with E-state index in [1.54, 1.807) is 12.5 Å². The fraction of sp³-hybridized carbons (Fsp3) is 0.600. The Morgan fingerprint density at radius 2 is 2.27 bits per heavy atom. The fourth-order valence-electron chi connectivity index (χ4n) is 1.13. The predicted molar refractivity (Wildman–Crippen MR) is 61.4 cm³/mol. The number of imidazole rings is 1. The molecule has 3 N–H and O–H groups in total. The van der Waals surface area contributed by atoms with E-state index in [0.717, 1.165) is 5.69 Å². The van der Waals surface area contributed by atoms with Gasteiger partial charge in [0.05, 0.1) is 24.8 Å². The number of nitrogens with two attached hydrogens (primary N) is 1. The topological polar surface area (TPSA) is 68.2 Å². The van der Waals surface area contributed by atoms with Gasteiger partial charge in [0.25, 0.3) is 0 Å². The van der Waals surface area contributed by atoms with Crippen molar-refractivity contribution < 1.29 is 0 Å². The van der Waals surface area contributed by atoms with Gasteiger partial charge in [-0.25, -0.2) is 9.98 Å². The molecule has 0 saturated carbocycles. The predicted octanol–water partition coefficient (Wildman–Crippen LogP) is 0.623. The molecule has 0 radical (unpaired) electrons. The molecule has 5 heteroatoms. The van der Waals surface area contributed by atoms with Crippen LogP contribution in [-0.2, 0) is 13.6 Å². The van der Waals surface area contributed by atoms with Crippen molar-refractivity contribution in [1.82, 2.24) is 14.9 Å². The molecule has 15 heavy (non-hydrogen) atoms. The molecule has 0 spiro atoms. The molecule has 1 aromatic heterocycles. The van der Waals surface area contributed by atoms with E-state index in [1.165, 1.54) is 0 Å². The van der Waals surface area contributed by atoms with Crippen LogP contribution in [0.15, 0.2) is 17.5 Å². The van der Waals surface area contributed by atoms with Crippen LogP contribution in [0.5, 0.6) is 0 Å². The summed E-state index contributed by atoms with van der Waals surface area (Å²) in [5, 5.41) is 3.10. The average molecular weight is 209 g/mol. The number of nitrogens with zero attached hydrogens (tertiary/aromatic N) is 3. The van der Waals surface area contributed by atoms with Crippen LogP contribution in [0.3, 0.4) is 0 Å². The summed E-state index contributed by atoms with van der Waals surface area (Å²) in [6, 6.07) is 0. The number of nitrogens with one attached hydrogen (secondary N) is 1. The Morgan fingerprint density at radius 1 is 1.60 bits per heavy atom. The number of rotatable bonds is 2. The maximum atomic E-state index is 5.74. The Labute approximate surface area is 90.4 Å². The van der Waals surface area contributed by atoms with E-state index < -0.39 is 0 Å². The third-order valence-electron chi connectivity index (χ3n) is 1.83. The zero-order valence-electron chi connectivity index (χ0n) is 9.78. The number of aryl methyl sites for hydroxylation is 1. The highest BCUT2D eigenvalue weighted by molar-refractivity contribution is 5.78. The molecule has 1 rings (SSSR count). The van der Waals surface area contributed by atoms with Crippen molar-refractivity contribution in [2.24, 2.45) is 17.8 Å². The van der Waals surface area contributed by atoms with Gasteiger partial charge in [-0.2, -0.15) is 0 Å². The minimum Gasteiger partial charge on any atom is -0.370 e. The molecule has 0 amide bonds. The van der Waals surface area contributed by atoms with Gasteiger partial charge in [0, 0.05) is 12.6 Å². The summed E-state index contributed by atoms with van der Waals surface area (Å²) in [6.07, 6.45) is 3.53. The molecular formula is C10H19N5. The lowest BCUT2D eigenvalue weighted by atomic mass is 10.1. The number of guanidine groups is 1. The van der Waals surface area contributed by atoms with Crippen LogP contribution >= 0.6 is 0 Å². The molecule has 84 valence electrons. The zero-order valence-corrected chi connectivity index (χ0v) is 9.78. The Hall–Kier alpha value is -1.52. The monoisotopic (exact) mass is 209 g/mol. The van der Waals surface area contributed by atoms with Crippen LogP contribution in [0.1, 0.15) is 26.5 Å². The molecule has 5 nitrogen and oxygen atoms in total. The molecular weight excluding hydrogens is 190 g/mol. The first-order valence-corrected chi connectivity index (χ1v) is 4.92. The minimum atomic E-state index is -0.0555. The van der Waals surface area contributed by atoms with Gasteiger partial charge < -0.3 is 15.6 Å². The van der Waals surface area contributed by atoms with Gasteiger partial charge in [-0.1, -0.05) is 0 Å². The number of aliphatic imine (C=N–C) groups is 1. The van der Waals surface area contributed by atoms with Gasteiger partial charge in [0.15, 0.2) is 5.96 Å². The average Bonchev–Trinajstić information content (AvgIpc) is 2.44. The van der Waals surface area contributed by atoms with Gasteiger partial charge in [-0.05, 0) is 20.8 Å². The summed E-state index contributed by atoms with van der Waals surface area (Å²) in [5.74, 6) is 0.462. The molecule has 0 bridgehead atoms. The first-order valence-electron chi connectivity index (χ1n) is 4.92. The van der Waals surface area contributed by atoms with Crippen LogP contribution < -0.4 is 11.1 Å². The van der Waals surface area contributed by atoms with Crippen molar-refractivity contribution in [1.29, 1.82) is 0 Å². The third kappa shape index (κ3) is 4.01. The standard InChI is InChI=1S/C10H19N5/c1-10(2,3)14-9(11)13-6-8-5-12-7-15(8)4/h5,7H,6H2,1-4H3,(H3,11,13,14). The van der Waals surface area contributed by atoms with Gasteiger partial charge >= 0.3 is 0 Å². The largest absolute Gasteiger partial charge is 0.370 e. The maximum Gasteiger partial charge on any atom is 0.189 e. The van der Waals surface area contributed by atoms with Gasteiger partial charge in [-0.3, -0.25) is 0 Å². The Kier molecular flexibility index (Phi) is 3.34. The van der Waals surface area contributed by atoms with Crippen LogP contribution in [0.2, 0.25) is 0 Å². The van der Waals surface area contributed by atoms with Crippen LogP contribution in [0, 0.1) is 0 Å². The summed E-state index contributed by atoms with van der Waals surface area (Å²) in [6.45, 7) is 6.67. The lowest BCUT2D eigenvalue weighted by molar-refractivity contribution is 0.508. The molecule has 1 aromatic rings. The lowest BCUT2D eigenvalue weighted by Crippen LogP contribution is -2.45. The Morgan fingerprint density at radius 3 is 2.73 bits per heavy atom. The minimum absolute atomic E-state index is 0.0555. The van der Waals surface area contributed by atoms with E-state index in [9.17, 15) is 0 Å². The number of hydrogen-bond donors (Lipinski definition) is 2. The fourth-order valence-corrected chi connectivity index (χ4v) is 1.13. The summed E-state index contributed by atoms with van der Waals surface area (Å²) in [5.41, 5.74) is 6.72. The molecule has 0 atom stereocenters. The van der Waals surface area contributed by atoms with E-state index in [-0.39, 0.29) is 5.54 Å². The Bertz CT molecular complexity index is 345. The van der Waals surface area contributed by atoms with Crippen molar-refractivity contribution in [3.8, 4) is 0 Å².